The molecule has 2 rings (SSSR count). The van der Waals surface area contributed by atoms with Gasteiger partial charge in [-0.1, -0.05) is 20.8 Å². The number of phenols is 3. The van der Waals surface area contributed by atoms with Crippen LogP contribution in [-0.2, 0) is 0 Å². The normalized spacial score (nSPS) is 10.7. The topological polar surface area (TPSA) is 105 Å². The summed E-state index contributed by atoms with van der Waals surface area (Å²) in [5, 5.41) is 36.1. The summed E-state index contributed by atoms with van der Waals surface area (Å²) in [6, 6.07) is 7.74. The second kappa shape index (κ2) is 10.2. The van der Waals surface area contributed by atoms with E-state index in [2.05, 4.69) is 17.6 Å². The maximum Gasteiger partial charge on any atom is 0.185 e. The first-order valence-electron chi connectivity index (χ1n) is 9.82. The third kappa shape index (κ3) is 5.76. The summed E-state index contributed by atoms with van der Waals surface area (Å²) < 4.78 is 0. The lowest BCUT2D eigenvalue weighted by atomic mass is 9.97. The molecule has 0 aromatic heterocycles. The second-order valence-corrected chi connectivity index (χ2v) is 7.85. The lowest BCUT2D eigenvalue weighted by Crippen LogP contribution is -2.33. The van der Waals surface area contributed by atoms with Crippen LogP contribution in [0.15, 0.2) is 30.3 Å². The van der Waals surface area contributed by atoms with Gasteiger partial charge in [0.25, 0.3) is 0 Å². The number of hydrogen-bond acceptors (Lipinski definition) is 6. The molecule has 0 amide bonds. The van der Waals surface area contributed by atoms with Crippen LogP contribution < -0.4 is 15.5 Å². The highest BCUT2D eigenvalue weighted by Gasteiger charge is 2.17. The summed E-state index contributed by atoms with van der Waals surface area (Å²) in [6.07, 6.45) is 0.943. The molecule has 0 fully saturated rings. The fourth-order valence-electron chi connectivity index (χ4n) is 3.07. The number of benzene rings is 2. The van der Waals surface area contributed by atoms with Gasteiger partial charge < -0.3 is 30.9 Å². The molecule has 8 heteroatoms. The van der Waals surface area contributed by atoms with Gasteiger partial charge in [0.1, 0.15) is 17.2 Å². The van der Waals surface area contributed by atoms with Crippen molar-refractivity contribution in [1.82, 2.24) is 5.32 Å². The number of nitrogens with one attached hydrogen (secondary N) is 2. The molecule has 5 N–H and O–H groups in total. The molecule has 0 bridgehead atoms. The van der Waals surface area contributed by atoms with E-state index < -0.39 is 0 Å². The van der Waals surface area contributed by atoms with Gasteiger partial charge in [-0.25, -0.2) is 0 Å². The maximum absolute atomic E-state index is 12.5. The minimum absolute atomic E-state index is 0.00221. The quantitative estimate of drug-likeness (QED) is 0.243. The number of phenolic OH excluding ortho intramolecular Hbond substituents is 3. The summed E-state index contributed by atoms with van der Waals surface area (Å²) >= 11 is 5.27. The number of rotatable bonds is 8. The molecule has 0 aliphatic rings. The Morgan fingerprint density at radius 2 is 1.80 bits per heavy atom. The fourth-order valence-corrected chi connectivity index (χ4v) is 3.26. The smallest absolute Gasteiger partial charge is 0.185 e. The van der Waals surface area contributed by atoms with Crippen molar-refractivity contribution in [2.24, 2.45) is 0 Å². The first kappa shape index (κ1) is 23.3. The zero-order valence-electron chi connectivity index (χ0n) is 17.7. The lowest BCUT2D eigenvalue weighted by Gasteiger charge is -2.21. The summed E-state index contributed by atoms with van der Waals surface area (Å²) in [7, 11) is 1.90. The molecule has 7 nitrogen and oxygen atoms in total. The van der Waals surface area contributed by atoms with Gasteiger partial charge in [-0.05, 0) is 54.4 Å². The molecule has 0 aliphatic heterocycles. The first-order valence-corrected chi connectivity index (χ1v) is 10.2. The van der Waals surface area contributed by atoms with Crippen LogP contribution in [0.4, 0.5) is 11.4 Å². The van der Waals surface area contributed by atoms with E-state index in [1.165, 1.54) is 12.1 Å². The number of carbonyl (C=O) groups is 1. The third-order valence-electron chi connectivity index (χ3n) is 4.68. The average molecular weight is 432 g/mol. The van der Waals surface area contributed by atoms with E-state index in [9.17, 15) is 20.1 Å². The van der Waals surface area contributed by atoms with Crippen LogP contribution in [0.1, 0.15) is 49.0 Å². The summed E-state index contributed by atoms with van der Waals surface area (Å²) in [5.41, 5.74) is 2.06. The number of anilines is 2. The average Bonchev–Trinajstić information content (AvgIpc) is 2.67. The molecular weight excluding hydrogens is 402 g/mol. The molecule has 0 unspecified atom stereocenters. The predicted octanol–water partition coefficient (Wildman–Crippen LogP) is 3.94. The monoisotopic (exact) mass is 431 g/mol. The Hall–Kier alpha value is -3.00. The zero-order valence-corrected chi connectivity index (χ0v) is 18.5. The zero-order chi connectivity index (χ0) is 22.4. The SMILES string of the molecule is CCCN(C)c1cc(NC(=S)NCC(=O)c2cc(C(C)C)c(O)cc2O)ccc1O. The van der Waals surface area contributed by atoms with Gasteiger partial charge in [0, 0.05) is 25.3 Å². The fraction of sp³-hybridized carbons (Fsp3) is 0.364. The van der Waals surface area contributed by atoms with Crippen molar-refractivity contribution in [3.8, 4) is 17.2 Å². The van der Waals surface area contributed by atoms with Crippen LogP contribution in [0.25, 0.3) is 0 Å². The molecule has 0 atom stereocenters. The van der Waals surface area contributed by atoms with Crippen molar-refractivity contribution in [3.63, 3.8) is 0 Å². The highest BCUT2D eigenvalue weighted by molar-refractivity contribution is 7.80. The predicted molar refractivity (Wildman–Crippen MR) is 124 cm³/mol. The highest BCUT2D eigenvalue weighted by atomic mass is 32.1. The summed E-state index contributed by atoms with van der Waals surface area (Å²) in [5.74, 6) is -0.491. The van der Waals surface area contributed by atoms with E-state index in [0.717, 1.165) is 13.0 Å². The van der Waals surface area contributed by atoms with Crippen molar-refractivity contribution < 1.29 is 20.1 Å². The van der Waals surface area contributed by atoms with Gasteiger partial charge in [0.2, 0.25) is 0 Å². The van der Waals surface area contributed by atoms with E-state index in [-0.39, 0.29) is 46.2 Å². The molecule has 0 heterocycles. The Bertz CT molecular complexity index is 931. The van der Waals surface area contributed by atoms with E-state index >= 15 is 0 Å². The molecule has 0 spiro atoms. The van der Waals surface area contributed by atoms with Gasteiger partial charge in [-0.15, -0.1) is 0 Å². The van der Waals surface area contributed by atoms with E-state index in [1.807, 2.05) is 25.8 Å². The second-order valence-electron chi connectivity index (χ2n) is 7.44. The van der Waals surface area contributed by atoms with Crippen LogP contribution in [0.3, 0.4) is 0 Å². The van der Waals surface area contributed by atoms with E-state index in [4.69, 9.17) is 12.2 Å². The van der Waals surface area contributed by atoms with Crippen molar-refractivity contribution in [2.45, 2.75) is 33.1 Å². The number of aromatic hydroxyl groups is 3. The molecule has 2 aromatic carbocycles. The molecule has 2 aromatic rings. The molecule has 0 aliphatic carbocycles. The van der Waals surface area contributed by atoms with Crippen molar-refractivity contribution in [1.29, 1.82) is 0 Å². The molecule has 0 radical (unpaired) electrons. The van der Waals surface area contributed by atoms with Gasteiger partial charge >= 0.3 is 0 Å². The number of Topliss-reactive ketones (excluding diaryl/α,β-unsaturated/α-hetero) is 1. The maximum atomic E-state index is 12.5. The van der Waals surface area contributed by atoms with Gasteiger partial charge in [-0.2, -0.15) is 0 Å². The van der Waals surface area contributed by atoms with Crippen molar-refractivity contribution in [2.75, 3.05) is 30.4 Å². The van der Waals surface area contributed by atoms with Gasteiger partial charge in [-0.3, -0.25) is 4.79 Å². The molecule has 162 valence electrons. The van der Waals surface area contributed by atoms with Crippen LogP contribution in [0.5, 0.6) is 17.2 Å². The molecular formula is C22H29N3O4S. The lowest BCUT2D eigenvalue weighted by molar-refractivity contribution is 0.0994. The Morgan fingerprint density at radius 1 is 1.10 bits per heavy atom. The number of thiocarbonyl (C=S) groups is 1. The summed E-state index contributed by atoms with van der Waals surface area (Å²) in [4.78, 5) is 14.5. The molecule has 30 heavy (non-hydrogen) atoms. The van der Waals surface area contributed by atoms with Crippen LogP contribution in [0, 0.1) is 0 Å². The van der Waals surface area contributed by atoms with Crippen LogP contribution >= 0.6 is 12.2 Å². The van der Waals surface area contributed by atoms with Crippen molar-refractivity contribution >= 4 is 34.5 Å². The minimum atomic E-state index is -0.354. The van der Waals surface area contributed by atoms with Gasteiger partial charge in [0.05, 0.1) is 17.8 Å². The number of hydrogen-bond donors (Lipinski definition) is 5. The molecule has 0 saturated carbocycles. The third-order valence-corrected chi connectivity index (χ3v) is 4.93. The highest BCUT2D eigenvalue weighted by Crippen LogP contribution is 2.32. The Kier molecular flexibility index (Phi) is 7.88. The Morgan fingerprint density at radius 3 is 2.43 bits per heavy atom. The number of carbonyl (C=O) groups excluding carboxylic acids is 1. The van der Waals surface area contributed by atoms with E-state index in [0.29, 0.717) is 16.9 Å². The number of ketones is 1. The van der Waals surface area contributed by atoms with Crippen molar-refractivity contribution in [3.05, 3.63) is 41.5 Å². The Labute approximate surface area is 182 Å². The standard InChI is InChI=1S/C22H29N3O4S/c1-5-8-25(4)17-9-14(6-7-18(17)26)24-22(30)23-12-21(29)16-10-15(13(2)3)19(27)11-20(16)28/h6-7,9-11,13,26-28H,5,8,12H2,1-4H3,(H2,23,24,30). The van der Waals surface area contributed by atoms with Crippen LogP contribution in [-0.4, -0.2) is 46.4 Å². The minimum Gasteiger partial charge on any atom is -0.508 e. The van der Waals surface area contributed by atoms with Gasteiger partial charge in [0.15, 0.2) is 10.9 Å². The first-order chi connectivity index (χ1) is 14.1. The Balaban J connectivity index is 2.04. The molecule has 0 saturated heterocycles. The largest absolute Gasteiger partial charge is 0.508 e. The van der Waals surface area contributed by atoms with Crippen LogP contribution in [0.2, 0.25) is 0 Å². The summed E-state index contributed by atoms with van der Waals surface area (Å²) in [6.45, 7) is 6.51. The van der Waals surface area contributed by atoms with E-state index in [1.54, 1.807) is 18.2 Å². The number of nitrogens with zero attached hydrogens (tertiary/aromatic N) is 1.